The molecule has 0 unspecified atom stereocenters. The van der Waals surface area contributed by atoms with Gasteiger partial charge < -0.3 is 14.5 Å². The summed E-state index contributed by atoms with van der Waals surface area (Å²) in [7, 11) is 0. The molecule has 1 aromatic heterocycles. The number of aliphatic hydroxyl groups is 1. The van der Waals surface area contributed by atoms with Crippen molar-refractivity contribution in [3.05, 3.63) is 52.4 Å². The van der Waals surface area contributed by atoms with Crippen LogP contribution in [0, 0.1) is 0 Å². The maximum Gasteiger partial charge on any atom is 0.293 e. The van der Waals surface area contributed by atoms with Gasteiger partial charge in [-0.2, -0.15) is 0 Å². The molecule has 1 aromatic carbocycles. The Morgan fingerprint density at radius 2 is 2.09 bits per heavy atom. The Labute approximate surface area is 128 Å². The highest BCUT2D eigenvalue weighted by Crippen LogP contribution is 2.30. The van der Waals surface area contributed by atoms with Crippen molar-refractivity contribution in [1.82, 2.24) is 10.1 Å². The highest BCUT2D eigenvalue weighted by atomic mass is 16.5. The monoisotopic (exact) mass is 298 g/mol. The van der Waals surface area contributed by atoms with Crippen molar-refractivity contribution >= 4 is 5.91 Å². The lowest BCUT2D eigenvalue weighted by molar-refractivity contribution is 0.0512. The number of amides is 1. The van der Waals surface area contributed by atoms with E-state index in [0.717, 1.165) is 48.1 Å². The molecule has 1 N–H and O–H groups in total. The minimum absolute atomic E-state index is 0.163. The lowest BCUT2D eigenvalue weighted by Crippen LogP contribution is -2.38. The molecular weight excluding hydrogens is 280 g/mol. The van der Waals surface area contributed by atoms with E-state index in [1.807, 2.05) is 24.3 Å². The molecule has 0 fully saturated rings. The van der Waals surface area contributed by atoms with Gasteiger partial charge in [0.15, 0.2) is 0 Å². The maximum atomic E-state index is 12.8. The molecule has 0 saturated carbocycles. The zero-order valence-corrected chi connectivity index (χ0v) is 12.3. The number of rotatable bonds is 1. The van der Waals surface area contributed by atoms with Gasteiger partial charge in [0, 0.05) is 12.1 Å². The van der Waals surface area contributed by atoms with Gasteiger partial charge in [-0.15, -0.1) is 0 Å². The van der Waals surface area contributed by atoms with Crippen LogP contribution in [0.1, 0.15) is 51.9 Å². The summed E-state index contributed by atoms with van der Waals surface area (Å²) in [5, 5.41) is 14.3. The fourth-order valence-electron chi connectivity index (χ4n) is 3.44. The number of aliphatic hydroxyl groups excluding tert-OH is 1. The number of β-amino-alcohol motifs (C(OH)–C–C–N with tert-alkyl or cyclic N) is 1. The second-order valence-corrected chi connectivity index (χ2v) is 6.04. The van der Waals surface area contributed by atoms with Crippen LogP contribution in [0.25, 0.3) is 0 Å². The van der Waals surface area contributed by atoms with E-state index in [0.29, 0.717) is 18.8 Å². The highest BCUT2D eigenvalue weighted by molar-refractivity contribution is 5.93. The molecule has 1 aliphatic heterocycles. The molecule has 2 heterocycles. The molecule has 2 aliphatic rings. The fourth-order valence-corrected chi connectivity index (χ4v) is 3.44. The molecule has 0 bridgehead atoms. The van der Waals surface area contributed by atoms with Gasteiger partial charge in [-0.1, -0.05) is 29.4 Å². The molecule has 1 amide bonds. The number of nitrogens with zero attached hydrogens (tertiary/aromatic N) is 2. The summed E-state index contributed by atoms with van der Waals surface area (Å²) in [6.07, 6.45) is 3.26. The van der Waals surface area contributed by atoms with Gasteiger partial charge in [0.25, 0.3) is 5.91 Å². The van der Waals surface area contributed by atoms with Crippen LogP contribution < -0.4 is 0 Å². The van der Waals surface area contributed by atoms with E-state index in [1.54, 1.807) is 4.90 Å². The minimum atomic E-state index is -0.646. The molecule has 22 heavy (non-hydrogen) atoms. The summed E-state index contributed by atoms with van der Waals surface area (Å²) in [5.41, 5.74) is 3.78. The van der Waals surface area contributed by atoms with E-state index in [4.69, 9.17) is 4.52 Å². The Bertz CT molecular complexity index is 722. The fraction of sp³-hybridized carbons (Fsp3) is 0.412. The number of aromatic nitrogens is 1. The summed E-state index contributed by atoms with van der Waals surface area (Å²) < 4.78 is 5.33. The maximum absolute atomic E-state index is 12.8. The van der Waals surface area contributed by atoms with Crippen molar-refractivity contribution in [3.63, 3.8) is 0 Å². The molecule has 1 atom stereocenters. The van der Waals surface area contributed by atoms with E-state index < -0.39 is 6.10 Å². The van der Waals surface area contributed by atoms with Crippen molar-refractivity contribution in [2.75, 3.05) is 6.54 Å². The summed E-state index contributed by atoms with van der Waals surface area (Å²) in [4.78, 5) is 14.4. The van der Waals surface area contributed by atoms with Gasteiger partial charge in [-0.3, -0.25) is 4.79 Å². The minimum Gasteiger partial charge on any atom is -0.387 e. The van der Waals surface area contributed by atoms with E-state index in [9.17, 15) is 9.90 Å². The van der Waals surface area contributed by atoms with Gasteiger partial charge >= 0.3 is 0 Å². The standard InChI is InChI=1S/C17H18N2O3/c20-15-10-19(9-11-5-1-2-6-12(11)15)17(21)16-13-7-3-4-8-14(13)18-22-16/h1-2,5-6,15,20H,3-4,7-10H2/t15-/m0/s1. The third kappa shape index (κ3) is 2.13. The van der Waals surface area contributed by atoms with Crippen LogP contribution in [0.2, 0.25) is 0 Å². The molecule has 1 aliphatic carbocycles. The number of carbonyl (C=O) groups excluding carboxylic acids is 1. The predicted octanol–water partition coefficient (Wildman–Crippen LogP) is 2.24. The molecule has 0 radical (unpaired) electrons. The molecular formula is C17H18N2O3. The van der Waals surface area contributed by atoms with Crippen molar-refractivity contribution in [2.24, 2.45) is 0 Å². The first-order chi connectivity index (χ1) is 10.7. The van der Waals surface area contributed by atoms with Crippen LogP contribution in [0.4, 0.5) is 0 Å². The molecule has 114 valence electrons. The van der Waals surface area contributed by atoms with Crippen molar-refractivity contribution in [2.45, 2.75) is 38.3 Å². The van der Waals surface area contributed by atoms with Crippen molar-refractivity contribution in [3.8, 4) is 0 Å². The van der Waals surface area contributed by atoms with Gasteiger partial charge in [-0.05, 0) is 36.8 Å². The van der Waals surface area contributed by atoms with E-state index >= 15 is 0 Å². The molecule has 0 saturated heterocycles. The largest absolute Gasteiger partial charge is 0.387 e. The lowest BCUT2D eigenvalue weighted by Gasteiger charge is -2.31. The molecule has 5 heteroatoms. The molecule has 0 spiro atoms. The first-order valence-electron chi connectivity index (χ1n) is 7.76. The summed E-state index contributed by atoms with van der Waals surface area (Å²) >= 11 is 0. The van der Waals surface area contributed by atoms with E-state index in [2.05, 4.69) is 5.16 Å². The van der Waals surface area contributed by atoms with Gasteiger partial charge in [0.2, 0.25) is 5.76 Å². The normalized spacial score (nSPS) is 20.4. The Balaban J connectivity index is 1.63. The lowest BCUT2D eigenvalue weighted by atomic mass is 9.94. The average molecular weight is 298 g/mol. The molecule has 4 rings (SSSR count). The Kier molecular flexibility index (Phi) is 3.22. The smallest absolute Gasteiger partial charge is 0.293 e. The first-order valence-corrected chi connectivity index (χ1v) is 7.76. The van der Waals surface area contributed by atoms with Crippen LogP contribution in [0.5, 0.6) is 0 Å². The summed E-state index contributed by atoms with van der Waals surface area (Å²) in [5.74, 6) is 0.200. The Hall–Kier alpha value is -2.14. The van der Waals surface area contributed by atoms with Crippen LogP contribution in [-0.2, 0) is 19.4 Å². The zero-order valence-electron chi connectivity index (χ0n) is 12.3. The van der Waals surface area contributed by atoms with Crippen LogP contribution in [0.3, 0.4) is 0 Å². The van der Waals surface area contributed by atoms with Gasteiger partial charge in [0.05, 0.1) is 18.3 Å². The first kappa shape index (κ1) is 13.5. The highest BCUT2D eigenvalue weighted by Gasteiger charge is 2.32. The molecule has 2 aromatic rings. The summed E-state index contributed by atoms with van der Waals surface area (Å²) in [6, 6.07) is 7.70. The van der Waals surface area contributed by atoms with Gasteiger partial charge in [0.1, 0.15) is 0 Å². The van der Waals surface area contributed by atoms with Crippen LogP contribution >= 0.6 is 0 Å². The van der Waals surface area contributed by atoms with E-state index in [1.165, 1.54) is 0 Å². The quantitative estimate of drug-likeness (QED) is 0.877. The van der Waals surface area contributed by atoms with Crippen molar-refractivity contribution < 1.29 is 14.4 Å². The second kappa shape index (κ2) is 5.25. The Morgan fingerprint density at radius 1 is 1.27 bits per heavy atom. The SMILES string of the molecule is O=C(c1onc2c1CCCC2)N1Cc2ccccc2[C@@H](O)C1. The van der Waals surface area contributed by atoms with E-state index in [-0.39, 0.29) is 5.91 Å². The number of hydrogen-bond donors (Lipinski definition) is 1. The number of benzene rings is 1. The van der Waals surface area contributed by atoms with Crippen molar-refractivity contribution in [1.29, 1.82) is 0 Å². The van der Waals surface area contributed by atoms with Crippen LogP contribution in [-0.4, -0.2) is 27.6 Å². The van der Waals surface area contributed by atoms with Crippen LogP contribution in [0.15, 0.2) is 28.8 Å². The Morgan fingerprint density at radius 3 is 3.00 bits per heavy atom. The third-order valence-corrected chi connectivity index (χ3v) is 4.61. The third-order valence-electron chi connectivity index (χ3n) is 4.61. The number of aryl methyl sites for hydroxylation is 1. The number of carbonyl (C=O) groups is 1. The summed E-state index contributed by atoms with van der Waals surface area (Å²) in [6.45, 7) is 0.798. The number of fused-ring (bicyclic) bond motifs is 2. The average Bonchev–Trinajstić information content (AvgIpc) is 2.98. The zero-order chi connectivity index (χ0) is 15.1. The second-order valence-electron chi connectivity index (χ2n) is 6.04. The topological polar surface area (TPSA) is 66.6 Å². The predicted molar refractivity (Wildman–Crippen MR) is 79.3 cm³/mol. The van der Waals surface area contributed by atoms with Gasteiger partial charge in [-0.25, -0.2) is 0 Å². The number of hydrogen-bond acceptors (Lipinski definition) is 4. The molecule has 5 nitrogen and oxygen atoms in total.